The highest BCUT2D eigenvalue weighted by molar-refractivity contribution is 7.80. The summed E-state index contributed by atoms with van der Waals surface area (Å²) in [6.07, 6.45) is 3.80. The number of Topliss-reactive ketones (excluding diaryl/α,β-unsaturated/α-hetero) is 1. The molecule has 0 bridgehead atoms. The number of hydrogen-bond donors (Lipinski definition) is 2. The molecule has 4 saturated carbocycles. The number of esters is 1. The van der Waals surface area contributed by atoms with Gasteiger partial charge in [0.2, 0.25) is 0 Å². The Morgan fingerprint density at radius 2 is 1.83 bits per heavy atom. The number of carbonyl (C=O) groups excluding carboxylic acids is 2. The smallest absolute Gasteiger partial charge is 0.397 e. The Morgan fingerprint density at radius 3 is 2.44 bits per heavy atom. The van der Waals surface area contributed by atoms with Crippen LogP contribution >= 0.6 is 0 Å². The molecule has 9 nitrogen and oxygen atoms in total. The Labute approximate surface area is 213 Å². The molecule has 4 fully saturated rings. The number of carboxylic acid groups (broad SMARTS) is 1. The first-order valence-corrected chi connectivity index (χ1v) is 14.6. The van der Waals surface area contributed by atoms with Crippen LogP contribution in [0.15, 0.2) is 0 Å². The summed E-state index contributed by atoms with van der Waals surface area (Å²) in [6.45, 7) is 7.82. The van der Waals surface area contributed by atoms with Gasteiger partial charge in [-0.2, -0.15) is 8.42 Å². The van der Waals surface area contributed by atoms with Crippen molar-refractivity contribution in [1.29, 1.82) is 0 Å². The summed E-state index contributed by atoms with van der Waals surface area (Å²) in [5.74, 6) is -0.870. The lowest BCUT2D eigenvalue weighted by Crippen LogP contribution is -2.62. The Hall–Kier alpha value is -1.52. The average molecular weight is 529 g/mol. The van der Waals surface area contributed by atoms with Gasteiger partial charge >= 0.3 is 22.3 Å². The maximum Gasteiger partial charge on any atom is 0.397 e. The van der Waals surface area contributed by atoms with Crippen molar-refractivity contribution in [3.8, 4) is 0 Å². The summed E-state index contributed by atoms with van der Waals surface area (Å²) in [6, 6.07) is 0. The second-order valence-corrected chi connectivity index (χ2v) is 13.4. The largest absolute Gasteiger partial charge is 0.481 e. The van der Waals surface area contributed by atoms with E-state index < -0.39 is 27.9 Å². The highest BCUT2D eigenvalue weighted by Crippen LogP contribution is 2.68. The topological polar surface area (TPSA) is 144 Å². The van der Waals surface area contributed by atoms with E-state index >= 15 is 0 Å². The molecule has 0 heterocycles. The minimum Gasteiger partial charge on any atom is -0.481 e. The fourth-order valence-electron chi connectivity index (χ4n) is 8.99. The number of carboxylic acids is 1. The number of hydrogen-bond acceptors (Lipinski definition) is 7. The van der Waals surface area contributed by atoms with Gasteiger partial charge in [-0.1, -0.05) is 20.8 Å². The maximum absolute atomic E-state index is 13.7. The lowest BCUT2D eigenvalue weighted by Gasteiger charge is -2.62. The number of ether oxygens (including phenoxy) is 1. The molecule has 0 aliphatic heterocycles. The van der Waals surface area contributed by atoms with Crippen LogP contribution < -0.4 is 0 Å². The first-order valence-electron chi connectivity index (χ1n) is 13.2. The Bertz CT molecular complexity index is 1010. The van der Waals surface area contributed by atoms with Gasteiger partial charge in [-0.05, 0) is 80.0 Å². The number of ketones is 1. The van der Waals surface area contributed by atoms with Crippen molar-refractivity contribution >= 4 is 28.1 Å². The van der Waals surface area contributed by atoms with Gasteiger partial charge in [0.1, 0.15) is 11.9 Å². The second kappa shape index (κ2) is 9.66. The highest BCUT2D eigenvalue weighted by Gasteiger charge is 2.67. The predicted molar refractivity (Wildman–Crippen MR) is 129 cm³/mol. The standard InChI is InChI=1S/C26H40O9S/c1-14(5-8-23(29)30)18-6-7-19-24-20(13-22(26(18,19)4)34-15(2)27)25(3)10-9-17(35-36(31,32)33)11-16(25)12-21(24)28/h14,16-20,22,24H,5-13H2,1-4H3,(H,29,30)(H,31,32,33)/t14-,16+,17-,18-,19+,20+,22+,24+,25+,26-/m1/s1. The third kappa shape index (κ3) is 4.85. The maximum atomic E-state index is 13.7. The summed E-state index contributed by atoms with van der Waals surface area (Å²) in [7, 11) is -4.56. The van der Waals surface area contributed by atoms with Crippen LogP contribution in [-0.4, -0.2) is 48.0 Å². The second-order valence-electron chi connectivity index (χ2n) is 12.3. The minimum atomic E-state index is -4.56. The number of rotatable bonds is 7. The van der Waals surface area contributed by atoms with Gasteiger partial charge in [0.05, 0.1) is 6.10 Å². The molecule has 36 heavy (non-hydrogen) atoms. The van der Waals surface area contributed by atoms with E-state index in [1.54, 1.807) is 0 Å². The molecule has 4 rings (SSSR count). The molecular weight excluding hydrogens is 488 g/mol. The van der Waals surface area contributed by atoms with Crippen LogP contribution in [0.1, 0.15) is 85.5 Å². The van der Waals surface area contributed by atoms with Gasteiger partial charge in [0, 0.05) is 31.1 Å². The molecule has 0 spiro atoms. The van der Waals surface area contributed by atoms with E-state index in [1.165, 1.54) is 6.92 Å². The van der Waals surface area contributed by atoms with Crippen LogP contribution in [0.4, 0.5) is 0 Å². The van der Waals surface area contributed by atoms with Crippen LogP contribution in [0.5, 0.6) is 0 Å². The molecule has 0 unspecified atom stereocenters. The van der Waals surface area contributed by atoms with Gasteiger partial charge in [0.25, 0.3) is 0 Å². The lowest BCUT2D eigenvalue weighted by molar-refractivity contribution is -0.195. The van der Waals surface area contributed by atoms with Gasteiger partial charge < -0.3 is 9.84 Å². The third-order valence-corrected chi connectivity index (χ3v) is 11.1. The van der Waals surface area contributed by atoms with Crippen molar-refractivity contribution in [2.75, 3.05) is 0 Å². The zero-order valence-corrected chi connectivity index (χ0v) is 22.5. The number of carbonyl (C=O) groups is 3. The molecule has 0 saturated heterocycles. The van der Waals surface area contributed by atoms with E-state index in [-0.39, 0.29) is 65.2 Å². The van der Waals surface area contributed by atoms with Gasteiger partial charge in [-0.25, -0.2) is 4.18 Å². The number of aliphatic carboxylic acids is 1. The van der Waals surface area contributed by atoms with E-state index in [4.69, 9.17) is 13.5 Å². The summed E-state index contributed by atoms with van der Waals surface area (Å²) in [5, 5.41) is 9.21. The van der Waals surface area contributed by atoms with E-state index in [9.17, 15) is 27.9 Å². The van der Waals surface area contributed by atoms with Gasteiger partial charge in [0.15, 0.2) is 0 Å². The van der Waals surface area contributed by atoms with Crippen LogP contribution in [0.3, 0.4) is 0 Å². The number of fused-ring (bicyclic) bond motifs is 5. The Kier molecular flexibility index (Phi) is 7.38. The van der Waals surface area contributed by atoms with Crippen LogP contribution in [0.25, 0.3) is 0 Å². The predicted octanol–water partition coefficient (Wildman–Crippen LogP) is 4.05. The fraction of sp³-hybridized carbons (Fsp3) is 0.885. The Balaban J connectivity index is 1.65. The summed E-state index contributed by atoms with van der Waals surface area (Å²) >= 11 is 0. The van der Waals surface area contributed by atoms with Gasteiger partial charge in [-0.15, -0.1) is 0 Å². The molecule has 10 atom stereocenters. The monoisotopic (exact) mass is 528 g/mol. The fourth-order valence-corrected chi connectivity index (χ4v) is 9.51. The quantitative estimate of drug-likeness (QED) is 0.369. The Morgan fingerprint density at radius 1 is 1.14 bits per heavy atom. The summed E-state index contributed by atoms with van der Waals surface area (Å²) in [4.78, 5) is 37.2. The first-order chi connectivity index (χ1) is 16.7. The molecule has 10 heteroatoms. The summed E-state index contributed by atoms with van der Waals surface area (Å²) < 4.78 is 42.6. The first kappa shape index (κ1) is 27.5. The molecule has 0 amide bonds. The molecule has 0 aromatic heterocycles. The zero-order valence-electron chi connectivity index (χ0n) is 21.6. The van der Waals surface area contributed by atoms with E-state index in [1.807, 2.05) is 0 Å². The van der Waals surface area contributed by atoms with Crippen molar-refractivity contribution in [2.45, 2.75) is 97.7 Å². The summed E-state index contributed by atoms with van der Waals surface area (Å²) in [5.41, 5.74) is -0.640. The third-order valence-electron chi connectivity index (χ3n) is 10.6. The molecule has 4 aliphatic carbocycles. The van der Waals surface area contributed by atoms with E-state index in [0.29, 0.717) is 38.5 Å². The molecule has 0 aromatic carbocycles. The minimum absolute atomic E-state index is 0.00549. The zero-order chi connectivity index (χ0) is 26.6. The van der Waals surface area contributed by atoms with Crippen molar-refractivity contribution < 1.29 is 41.4 Å². The van der Waals surface area contributed by atoms with Crippen LogP contribution in [0.2, 0.25) is 0 Å². The van der Waals surface area contributed by atoms with E-state index in [2.05, 4.69) is 20.8 Å². The highest BCUT2D eigenvalue weighted by atomic mass is 32.3. The lowest BCUT2D eigenvalue weighted by atomic mass is 9.43. The van der Waals surface area contributed by atoms with E-state index in [0.717, 1.165) is 12.8 Å². The molecule has 2 N–H and O–H groups in total. The normalized spacial score (nSPS) is 43.1. The van der Waals surface area contributed by atoms with Crippen molar-refractivity contribution in [1.82, 2.24) is 0 Å². The molecule has 204 valence electrons. The molecule has 4 aliphatic rings. The van der Waals surface area contributed by atoms with Gasteiger partial charge in [-0.3, -0.25) is 18.9 Å². The molecular formula is C26H40O9S. The SMILES string of the molecule is CC(=O)O[C@H]1C[C@H]2[C@@H](C(=O)C[C@@H]3C[C@H](OS(=O)(=O)O)CC[C@@]32C)[C@@H]2CC[C@H]([C@H](C)CCC(=O)O)[C@@]12C. The van der Waals surface area contributed by atoms with Crippen molar-refractivity contribution in [2.24, 2.45) is 46.3 Å². The van der Waals surface area contributed by atoms with Crippen molar-refractivity contribution in [3.05, 3.63) is 0 Å². The van der Waals surface area contributed by atoms with Crippen molar-refractivity contribution in [3.63, 3.8) is 0 Å². The van der Waals surface area contributed by atoms with Crippen LogP contribution in [-0.2, 0) is 33.7 Å². The molecule has 0 radical (unpaired) electrons. The van der Waals surface area contributed by atoms with Crippen LogP contribution in [0, 0.1) is 46.3 Å². The molecule has 0 aromatic rings. The average Bonchev–Trinajstić information content (AvgIpc) is 3.10.